The van der Waals surface area contributed by atoms with E-state index in [1.165, 1.54) is 12.8 Å². The summed E-state index contributed by atoms with van der Waals surface area (Å²) in [4.78, 5) is 11.8. The van der Waals surface area contributed by atoms with Gasteiger partial charge in [0.1, 0.15) is 5.69 Å². The van der Waals surface area contributed by atoms with Crippen molar-refractivity contribution < 1.29 is 4.79 Å². The highest BCUT2D eigenvalue weighted by molar-refractivity contribution is 5.92. The first-order valence-electron chi connectivity index (χ1n) is 5.63. The molecule has 1 aliphatic carbocycles. The zero-order chi connectivity index (χ0) is 11.6. The summed E-state index contributed by atoms with van der Waals surface area (Å²) in [5.74, 6) is -0.0525. The van der Waals surface area contributed by atoms with Crippen LogP contribution in [-0.4, -0.2) is 28.8 Å². The number of amides is 1. The van der Waals surface area contributed by atoms with Crippen LogP contribution in [0.5, 0.6) is 0 Å². The van der Waals surface area contributed by atoms with Gasteiger partial charge in [-0.3, -0.25) is 9.48 Å². The van der Waals surface area contributed by atoms with Gasteiger partial charge in [-0.25, -0.2) is 0 Å². The van der Waals surface area contributed by atoms with Gasteiger partial charge in [0.05, 0.1) is 0 Å². The molecular formula is C11H18N4O. The molecule has 1 saturated carbocycles. The molecule has 0 aromatic carbocycles. The quantitative estimate of drug-likeness (QED) is 0.751. The number of carbonyl (C=O) groups is 1. The van der Waals surface area contributed by atoms with Crippen molar-refractivity contribution in [3.63, 3.8) is 0 Å². The Hall–Kier alpha value is -1.36. The second-order valence-corrected chi connectivity index (χ2v) is 4.56. The lowest BCUT2D eigenvalue weighted by Crippen LogP contribution is -2.32. The number of rotatable bonds is 5. The van der Waals surface area contributed by atoms with Crippen molar-refractivity contribution in [2.75, 3.05) is 13.1 Å². The van der Waals surface area contributed by atoms with Crippen LogP contribution in [0.2, 0.25) is 0 Å². The second kappa shape index (κ2) is 4.25. The summed E-state index contributed by atoms with van der Waals surface area (Å²) in [7, 11) is 1.77. The van der Waals surface area contributed by atoms with Gasteiger partial charge in [0, 0.05) is 19.8 Å². The minimum Gasteiger partial charge on any atom is -0.350 e. The number of nitrogens with one attached hydrogen (secondary N) is 1. The largest absolute Gasteiger partial charge is 0.350 e. The molecule has 0 saturated heterocycles. The summed E-state index contributed by atoms with van der Waals surface area (Å²) in [5, 5.41) is 6.93. The van der Waals surface area contributed by atoms with Crippen molar-refractivity contribution >= 4 is 5.91 Å². The number of carbonyl (C=O) groups excluding carboxylic acids is 1. The Morgan fingerprint density at radius 2 is 2.44 bits per heavy atom. The van der Waals surface area contributed by atoms with E-state index in [-0.39, 0.29) is 11.3 Å². The number of aromatic nitrogens is 2. The molecule has 88 valence electrons. The molecule has 5 heteroatoms. The van der Waals surface area contributed by atoms with Crippen LogP contribution >= 0.6 is 0 Å². The van der Waals surface area contributed by atoms with E-state index in [0.717, 1.165) is 13.0 Å². The van der Waals surface area contributed by atoms with Crippen molar-refractivity contribution in [2.45, 2.75) is 19.3 Å². The van der Waals surface area contributed by atoms with E-state index in [0.29, 0.717) is 12.2 Å². The van der Waals surface area contributed by atoms with Crippen LogP contribution < -0.4 is 11.1 Å². The zero-order valence-corrected chi connectivity index (χ0v) is 9.57. The lowest BCUT2D eigenvalue weighted by atomic mass is 10.0. The summed E-state index contributed by atoms with van der Waals surface area (Å²) in [6, 6.07) is 1.72. The van der Waals surface area contributed by atoms with Crippen molar-refractivity contribution in [3.05, 3.63) is 18.0 Å². The Morgan fingerprint density at radius 1 is 1.69 bits per heavy atom. The Bertz CT molecular complexity index is 381. The molecule has 1 aliphatic rings. The van der Waals surface area contributed by atoms with E-state index >= 15 is 0 Å². The average molecular weight is 222 g/mol. The molecule has 0 radical (unpaired) electrons. The highest BCUT2D eigenvalue weighted by atomic mass is 16.2. The first-order valence-corrected chi connectivity index (χ1v) is 5.63. The molecular weight excluding hydrogens is 204 g/mol. The maximum atomic E-state index is 11.8. The summed E-state index contributed by atoms with van der Waals surface area (Å²) in [5.41, 5.74) is 6.43. The first-order chi connectivity index (χ1) is 7.67. The second-order valence-electron chi connectivity index (χ2n) is 4.56. The molecule has 1 aromatic heterocycles. The molecule has 0 atom stereocenters. The van der Waals surface area contributed by atoms with Crippen LogP contribution in [0.4, 0.5) is 0 Å². The number of hydrogen-bond donors (Lipinski definition) is 2. The van der Waals surface area contributed by atoms with E-state index in [1.807, 2.05) is 0 Å². The molecule has 1 fully saturated rings. The topological polar surface area (TPSA) is 72.9 Å². The van der Waals surface area contributed by atoms with E-state index in [4.69, 9.17) is 5.73 Å². The number of hydrogen-bond acceptors (Lipinski definition) is 3. The van der Waals surface area contributed by atoms with Gasteiger partial charge in [0.15, 0.2) is 0 Å². The van der Waals surface area contributed by atoms with Crippen LogP contribution in [0.1, 0.15) is 29.8 Å². The van der Waals surface area contributed by atoms with Gasteiger partial charge >= 0.3 is 0 Å². The van der Waals surface area contributed by atoms with Gasteiger partial charge in [-0.1, -0.05) is 0 Å². The minimum atomic E-state index is -0.0525. The van der Waals surface area contributed by atoms with Crippen molar-refractivity contribution in [1.82, 2.24) is 15.1 Å². The van der Waals surface area contributed by atoms with Gasteiger partial charge in [0.25, 0.3) is 5.91 Å². The fourth-order valence-electron chi connectivity index (χ4n) is 1.95. The molecule has 1 heterocycles. The fraction of sp³-hybridized carbons (Fsp3) is 0.636. The average Bonchev–Trinajstić information content (AvgIpc) is 2.89. The Labute approximate surface area is 95.0 Å². The first kappa shape index (κ1) is 11.1. The molecule has 0 unspecified atom stereocenters. The highest BCUT2D eigenvalue weighted by Gasteiger charge is 2.41. The Kier molecular flexibility index (Phi) is 2.96. The van der Waals surface area contributed by atoms with Gasteiger partial charge in [0.2, 0.25) is 0 Å². The maximum Gasteiger partial charge on any atom is 0.269 e. The van der Waals surface area contributed by atoms with Crippen LogP contribution in [0.25, 0.3) is 0 Å². The smallest absolute Gasteiger partial charge is 0.269 e. The lowest BCUT2D eigenvalue weighted by Gasteiger charge is -2.14. The summed E-state index contributed by atoms with van der Waals surface area (Å²) in [6.45, 7) is 1.43. The van der Waals surface area contributed by atoms with E-state index in [1.54, 1.807) is 24.0 Å². The molecule has 3 N–H and O–H groups in total. The fourth-order valence-corrected chi connectivity index (χ4v) is 1.95. The standard InChI is InChI=1S/C11H18N4O/c1-15-9(2-7-14-15)10(16)13-8-11(3-4-11)5-6-12/h2,7H,3-6,8,12H2,1H3,(H,13,16). The van der Waals surface area contributed by atoms with Gasteiger partial charge < -0.3 is 11.1 Å². The third-order valence-electron chi connectivity index (χ3n) is 3.31. The Balaban J connectivity index is 1.87. The number of nitrogens with zero attached hydrogens (tertiary/aromatic N) is 2. The monoisotopic (exact) mass is 222 g/mol. The predicted molar refractivity (Wildman–Crippen MR) is 60.9 cm³/mol. The Morgan fingerprint density at radius 3 is 2.94 bits per heavy atom. The van der Waals surface area contributed by atoms with Gasteiger partial charge in [-0.15, -0.1) is 0 Å². The highest BCUT2D eigenvalue weighted by Crippen LogP contribution is 2.47. The molecule has 5 nitrogen and oxygen atoms in total. The van der Waals surface area contributed by atoms with Crippen LogP contribution in [0.15, 0.2) is 12.3 Å². The maximum absolute atomic E-state index is 11.8. The van der Waals surface area contributed by atoms with Crippen LogP contribution in [0, 0.1) is 5.41 Å². The minimum absolute atomic E-state index is 0.0525. The molecule has 16 heavy (non-hydrogen) atoms. The third-order valence-corrected chi connectivity index (χ3v) is 3.31. The molecule has 0 spiro atoms. The zero-order valence-electron chi connectivity index (χ0n) is 9.57. The number of nitrogens with two attached hydrogens (primary N) is 1. The van der Waals surface area contributed by atoms with Crippen LogP contribution in [-0.2, 0) is 7.05 Å². The van der Waals surface area contributed by atoms with Crippen molar-refractivity contribution in [1.29, 1.82) is 0 Å². The molecule has 1 aromatic rings. The van der Waals surface area contributed by atoms with E-state index in [9.17, 15) is 4.79 Å². The molecule has 0 bridgehead atoms. The van der Waals surface area contributed by atoms with E-state index in [2.05, 4.69) is 10.4 Å². The normalized spacial score (nSPS) is 17.1. The summed E-state index contributed by atoms with van der Waals surface area (Å²) in [6.07, 6.45) is 4.98. The summed E-state index contributed by atoms with van der Waals surface area (Å²) >= 11 is 0. The van der Waals surface area contributed by atoms with Crippen molar-refractivity contribution in [3.8, 4) is 0 Å². The van der Waals surface area contributed by atoms with E-state index < -0.39 is 0 Å². The van der Waals surface area contributed by atoms with Crippen LogP contribution in [0.3, 0.4) is 0 Å². The molecule has 2 rings (SSSR count). The SMILES string of the molecule is Cn1nccc1C(=O)NCC1(CCN)CC1. The summed E-state index contributed by atoms with van der Waals surface area (Å²) < 4.78 is 1.58. The molecule has 0 aliphatic heterocycles. The van der Waals surface area contributed by atoms with Gasteiger partial charge in [-0.2, -0.15) is 5.10 Å². The predicted octanol–water partition coefficient (Wildman–Crippen LogP) is 0.279. The number of aryl methyl sites for hydroxylation is 1. The third kappa shape index (κ3) is 2.24. The van der Waals surface area contributed by atoms with Crippen molar-refractivity contribution in [2.24, 2.45) is 18.2 Å². The van der Waals surface area contributed by atoms with Gasteiger partial charge in [-0.05, 0) is 37.3 Å². The lowest BCUT2D eigenvalue weighted by molar-refractivity contribution is 0.0934. The molecule has 1 amide bonds.